The van der Waals surface area contributed by atoms with E-state index >= 15 is 0 Å². The molecule has 3 aromatic rings. The van der Waals surface area contributed by atoms with Crippen molar-refractivity contribution in [1.29, 1.82) is 0 Å². The van der Waals surface area contributed by atoms with E-state index in [0.717, 1.165) is 28.0 Å². The molecule has 0 aliphatic heterocycles. The zero-order chi connectivity index (χ0) is 18.7. The molecule has 1 aromatic heterocycles. The lowest BCUT2D eigenvalue weighted by atomic mass is 10.1. The Balaban J connectivity index is 1.88. The quantitative estimate of drug-likeness (QED) is 0.478. The summed E-state index contributed by atoms with van der Waals surface area (Å²) in [6.45, 7) is 5.57. The minimum absolute atomic E-state index is 0.0394. The zero-order valence-electron chi connectivity index (χ0n) is 15.3. The molecule has 134 valence electrons. The molecule has 0 fully saturated rings. The number of ether oxygens (including phenoxy) is 1. The van der Waals surface area contributed by atoms with Gasteiger partial charge in [-0.25, -0.2) is 0 Å². The number of benzene rings is 2. The number of hydrogen-bond acceptors (Lipinski definition) is 5. The van der Waals surface area contributed by atoms with Crippen LogP contribution >= 0.6 is 11.8 Å². The second-order valence-electron chi connectivity index (χ2n) is 6.07. The third-order valence-corrected chi connectivity index (χ3v) is 5.11. The van der Waals surface area contributed by atoms with Gasteiger partial charge in [-0.05, 0) is 51.1 Å². The number of carbonyl (C=O) groups excluding carboxylic acids is 1. The van der Waals surface area contributed by atoms with Crippen molar-refractivity contribution in [3.63, 3.8) is 0 Å². The van der Waals surface area contributed by atoms with Crippen LogP contribution in [0.25, 0.3) is 5.69 Å². The van der Waals surface area contributed by atoms with E-state index in [9.17, 15) is 4.79 Å². The Bertz CT molecular complexity index is 933. The Labute approximate surface area is 157 Å². The van der Waals surface area contributed by atoms with Crippen LogP contribution in [-0.2, 0) is 5.75 Å². The van der Waals surface area contributed by atoms with Crippen molar-refractivity contribution in [2.45, 2.75) is 31.7 Å². The summed E-state index contributed by atoms with van der Waals surface area (Å²) in [5, 5.41) is 9.34. The minimum atomic E-state index is 0.0394. The fraction of sp³-hybridized carbons (Fsp3) is 0.250. The van der Waals surface area contributed by atoms with Gasteiger partial charge in [0.2, 0.25) is 0 Å². The molecular weight excluding hydrogens is 346 g/mol. The fourth-order valence-corrected chi connectivity index (χ4v) is 3.66. The molecule has 6 heteroatoms. The lowest BCUT2D eigenvalue weighted by Gasteiger charge is -2.11. The molecular formula is C20H21N3O2S. The summed E-state index contributed by atoms with van der Waals surface area (Å²) >= 11 is 1.57. The van der Waals surface area contributed by atoms with Crippen LogP contribution in [0.4, 0.5) is 0 Å². The summed E-state index contributed by atoms with van der Waals surface area (Å²) in [5.41, 5.74) is 3.88. The molecule has 26 heavy (non-hydrogen) atoms. The topological polar surface area (TPSA) is 57.0 Å². The van der Waals surface area contributed by atoms with Crippen LogP contribution in [0.2, 0.25) is 0 Å². The maximum atomic E-state index is 11.7. The zero-order valence-corrected chi connectivity index (χ0v) is 16.1. The Morgan fingerprint density at radius 2 is 1.85 bits per heavy atom. The molecule has 5 nitrogen and oxygen atoms in total. The summed E-state index contributed by atoms with van der Waals surface area (Å²) in [7, 11) is 1.63. The van der Waals surface area contributed by atoms with Crippen LogP contribution in [0, 0.1) is 13.8 Å². The molecule has 0 aliphatic rings. The summed E-state index contributed by atoms with van der Waals surface area (Å²) < 4.78 is 7.47. The number of rotatable bonds is 6. The second-order valence-corrected chi connectivity index (χ2v) is 7.01. The van der Waals surface area contributed by atoms with Crippen molar-refractivity contribution in [3.8, 4) is 11.4 Å². The first kappa shape index (κ1) is 18.2. The molecule has 3 rings (SSSR count). The van der Waals surface area contributed by atoms with Gasteiger partial charge in [-0.2, -0.15) is 0 Å². The number of methoxy groups -OCH3 is 1. The van der Waals surface area contributed by atoms with Gasteiger partial charge in [-0.3, -0.25) is 9.36 Å². The number of nitrogens with zero attached hydrogens (tertiary/aromatic N) is 3. The predicted octanol–water partition coefficient (Wildman–Crippen LogP) is 4.39. The van der Waals surface area contributed by atoms with Crippen LogP contribution < -0.4 is 4.74 Å². The van der Waals surface area contributed by atoms with Crippen molar-refractivity contribution >= 4 is 17.5 Å². The Kier molecular flexibility index (Phi) is 5.42. The Hall–Kier alpha value is -2.60. The predicted molar refractivity (Wildman–Crippen MR) is 103 cm³/mol. The number of thioether (sulfide) groups is 1. The molecule has 0 spiro atoms. The Morgan fingerprint density at radius 1 is 1.12 bits per heavy atom. The third-order valence-electron chi connectivity index (χ3n) is 4.13. The fourth-order valence-electron chi connectivity index (χ4n) is 2.68. The van der Waals surface area contributed by atoms with Crippen LogP contribution in [0.3, 0.4) is 0 Å². The van der Waals surface area contributed by atoms with E-state index in [0.29, 0.717) is 11.3 Å². The van der Waals surface area contributed by atoms with E-state index in [1.807, 2.05) is 23.6 Å². The summed E-state index contributed by atoms with van der Waals surface area (Å²) in [5.74, 6) is 2.27. The van der Waals surface area contributed by atoms with Gasteiger partial charge in [0, 0.05) is 22.6 Å². The Morgan fingerprint density at radius 3 is 2.50 bits per heavy atom. The van der Waals surface area contributed by atoms with Crippen molar-refractivity contribution in [2.24, 2.45) is 0 Å². The first-order valence-electron chi connectivity index (χ1n) is 8.29. The maximum absolute atomic E-state index is 11.7. The number of hydrogen-bond donors (Lipinski definition) is 0. The highest BCUT2D eigenvalue weighted by molar-refractivity contribution is 7.98. The molecule has 0 aliphatic carbocycles. The molecule has 0 unspecified atom stereocenters. The minimum Gasteiger partial charge on any atom is -0.496 e. The monoisotopic (exact) mass is 367 g/mol. The average molecular weight is 367 g/mol. The molecule has 0 saturated carbocycles. The summed E-state index contributed by atoms with van der Waals surface area (Å²) in [6, 6.07) is 13.8. The van der Waals surface area contributed by atoms with Gasteiger partial charge in [-0.15, -0.1) is 10.2 Å². The molecule has 2 aromatic carbocycles. The SMILES string of the molecule is COc1ccc(C(C)=O)cc1CSc1nnc(C)n1-c1ccc(C)cc1. The van der Waals surface area contributed by atoms with Crippen LogP contribution in [-0.4, -0.2) is 27.7 Å². The molecule has 0 bridgehead atoms. The molecule has 0 amide bonds. The van der Waals surface area contributed by atoms with E-state index in [4.69, 9.17) is 4.74 Å². The average Bonchev–Trinajstić information content (AvgIpc) is 3.01. The smallest absolute Gasteiger partial charge is 0.196 e. The lowest BCUT2D eigenvalue weighted by Crippen LogP contribution is -2.00. The van der Waals surface area contributed by atoms with Crippen molar-refractivity contribution in [3.05, 3.63) is 65.0 Å². The van der Waals surface area contributed by atoms with Crippen LogP contribution in [0.5, 0.6) is 5.75 Å². The highest BCUT2D eigenvalue weighted by Crippen LogP contribution is 2.30. The van der Waals surface area contributed by atoms with Gasteiger partial charge in [0.1, 0.15) is 11.6 Å². The highest BCUT2D eigenvalue weighted by Gasteiger charge is 2.14. The van der Waals surface area contributed by atoms with Crippen molar-refractivity contribution in [1.82, 2.24) is 14.8 Å². The number of ketones is 1. The largest absolute Gasteiger partial charge is 0.496 e. The third kappa shape index (κ3) is 3.80. The highest BCUT2D eigenvalue weighted by atomic mass is 32.2. The number of aromatic nitrogens is 3. The van der Waals surface area contributed by atoms with Crippen LogP contribution in [0.15, 0.2) is 47.6 Å². The van der Waals surface area contributed by atoms with E-state index in [1.165, 1.54) is 5.56 Å². The van der Waals surface area contributed by atoms with Gasteiger partial charge >= 0.3 is 0 Å². The van der Waals surface area contributed by atoms with Gasteiger partial charge in [0.05, 0.1) is 7.11 Å². The first-order valence-corrected chi connectivity index (χ1v) is 9.28. The number of carbonyl (C=O) groups is 1. The summed E-state index contributed by atoms with van der Waals surface area (Å²) in [4.78, 5) is 11.7. The standard InChI is InChI=1S/C20H21N3O2S/c1-13-5-8-18(9-6-13)23-15(3)21-22-20(23)26-12-17-11-16(14(2)24)7-10-19(17)25-4/h5-11H,12H2,1-4H3. The molecule has 0 N–H and O–H groups in total. The van der Waals surface area contributed by atoms with Crippen molar-refractivity contribution in [2.75, 3.05) is 7.11 Å². The molecule has 0 radical (unpaired) electrons. The van der Waals surface area contributed by atoms with E-state index in [2.05, 4.69) is 41.4 Å². The second kappa shape index (κ2) is 7.74. The normalized spacial score (nSPS) is 10.8. The molecule has 0 saturated heterocycles. The van der Waals surface area contributed by atoms with Gasteiger partial charge in [0.15, 0.2) is 10.9 Å². The maximum Gasteiger partial charge on any atom is 0.196 e. The van der Waals surface area contributed by atoms with E-state index < -0.39 is 0 Å². The first-order chi connectivity index (χ1) is 12.5. The van der Waals surface area contributed by atoms with E-state index in [-0.39, 0.29) is 5.78 Å². The van der Waals surface area contributed by atoms with Gasteiger partial charge in [0.25, 0.3) is 0 Å². The molecule has 1 heterocycles. The van der Waals surface area contributed by atoms with E-state index in [1.54, 1.807) is 31.9 Å². The molecule has 0 atom stereocenters. The number of Topliss-reactive ketones (excluding diaryl/α,β-unsaturated/α-hetero) is 1. The summed E-state index contributed by atoms with van der Waals surface area (Å²) in [6.07, 6.45) is 0. The number of aryl methyl sites for hydroxylation is 2. The lowest BCUT2D eigenvalue weighted by molar-refractivity contribution is 0.101. The van der Waals surface area contributed by atoms with Gasteiger partial charge in [-0.1, -0.05) is 29.5 Å². The van der Waals surface area contributed by atoms with Crippen molar-refractivity contribution < 1.29 is 9.53 Å². The van der Waals surface area contributed by atoms with Crippen LogP contribution in [0.1, 0.15) is 34.2 Å². The van der Waals surface area contributed by atoms with Gasteiger partial charge < -0.3 is 4.74 Å².